The zero-order chi connectivity index (χ0) is 22.7. The number of amides is 1. The number of nitrogens with zero attached hydrogens (tertiary/aromatic N) is 4. The van der Waals surface area contributed by atoms with Gasteiger partial charge in [-0.1, -0.05) is 11.3 Å². The summed E-state index contributed by atoms with van der Waals surface area (Å²) in [6.45, 7) is 1.85. The number of hydrogen-bond acceptors (Lipinski definition) is 8. The van der Waals surface area contributed by atoms with Crippen LogP contribution in [0.2, 0.25) is 0 Å². The Bertz CT molecular complexity index is 1420. The molecule has 0 saturated heterocycles. The summed E-state index contributed by atoms with van der Waals surface area (Å²) in [6, 6.07) is 9.89. The molecule has 0 aliphatic carbocycles. The second-order valence-corrected chi connectivity index (χ2v) is 7.64. The maximum absolute atomic E-state index is 12.9. The SMILES string of the molecule is CCOC(=O)c1ccc2c(c1)sc(=NC(=O)c1ccc3nccnc3c1)n2CC(=O)OC. The number of thiazole rings is 1. The molecule has 162 valence electrons. The first-order valence-corrected chi connectivity index (χ1v) is 10.5. The number of carbonyl (C=O) groups excluding carboxylic acids is 3. The van der Waals surface area contributed by atoms with Gasteiger partial charge in [0.2, 0.25) is 0 Å². The highest BCUT2D eigenvalue weighted by Crippen LogP contribution is 2.20. The molecule has 0 radical (unpaired) electrons. The number of benzene rings is 2. The van der Waals surface area contributed by atoms with Gasteiger partial charge in [0.1, 0.15) is 6.54 Å². The highest BCUT2D eigenvalue weighted by atomic mass is 32.1. The molecule has 32 heavy (non-hydrogen) atoms. The van der Waals surface area contributed by atoms with Crippen LogP contribution in [-0.2, 0) is 20.8 Å². The molecule has 0 bridgehead atoms. The zero-order valence-electron chi connectivity index (χ0n) is 17.3. The molecule has 4 rings (SSSR count). The Hall–Kier alpha value is -3.92. The minimum Gasteiger partial charge on any atom is -0.468 e. The molecule has 0 saturated carbocycles. The third-order valence-corrected chi connectivity index (χ3v) is 5.66. The van der Waals surface area contributed by atoms with Crippen LogP contribution in [0.3, 0.4) is 0 Å². The van der Waals surface area contributed by atoms with Crippen molar-refractivity contribution in [3.63, 3.8) is 0 Å². The van der Waals surface area contributed by atoms with Crippen LogP contribution in [0.25, 0.3) is 21.3 Å². The fourth-order valence-electron chi connectivity index (χ4n) is 3.09. The van der Waals surface area contributed by atoms with Gasteiger partial charge in [-0.2, -0.15) is 4.99 Å². The molecular weight excluding hydrogens is 432 g/mol. The van der Waals surface area contributed by atoms with E-state index in [9.17, 15) is 14.4 Å². The van der Waals surface area contributed by atoms with Crippen LogP contribution in [0, 0.1) is 0 Å². The Morgan fingerprint density at radius 3 is 2.53 bits per heavy atom. The summed E-state index contributed by atoms with van der Waals surface area (Å²) < 4.78 is 12.1. The molecule has 2 aromatic heterocycles. The second kappa shape index (κ2) is 9.06. The van der Waals surface area contributed by atoms with Crippen LogP contribution >= 0.6 is 11.3 Å². The number of ether oxygens (including phenoxy) is 2. The fourth-order valence-corrected chi connectivity index (χ4v) is 4.16. The van der Waals surface area contributed by atoms with Gasteiger partial charge in [-0.05, 0) is 43.3 Å². The number of carbonyl (C=O) groups is 3. The van der Waals surface area contributed by atoms with E-state index in [1.165, 1.54) is 18.4 Å². The topological polar surface area (TPSA) is 113 Å². The van der Waals surface area contributed by atoms with Gasteiger partial charge in [-0.15, -0.1) is 0 Å². The van der Waals surface area contributed by atoms with Gasteiger partial charge in [0.05, 0.1) is 40.5 Å². The average Bonchev–Trinajstić information content (AvgIpc) is 3.14. The molecule has 0 fully saturated rings. The van der Waals surface area contributed by atoms with E-state index in [1.54, 1.807) is 60.3 Å². The van der Waals surface area contributed by atoms with Crippen LogP contribution in [0.5, 0.6) is 0 Å². The summed E-state index contributed by atoms with van der Waals surface area (Å²) in [6.07, 6.45) is 3.12. The number of aromatic nitrogens is 3. The summed E-state index contributed by atoms with van der Waals surface area (Å²) in [5.74, 6) is -1.43. The lowest BCUT2D eigenvalue weighted by Gasteiger charge is -2.05. The van der Waals surface area contributed by atoms with E-state index in [-0.39, 0.29) is 13.2 Å². The molecule has 0 atom stereocenters. The predicted octanol–water partition coefficient (Wildman–Crippen LogP) is 2.74. The summed E-state index contributed by atoms with van der Waals surface area (Å²) >= 11 is 1.18. The van der Waals surface area contributed by atoms with E-state index in [4.69, 9.17) is 9.47 Å². The molecule has 4 aromatic rings. The summed E-state index contributed by atoms with van der Waals surface area (Å²) in [5, 5.41) is 0. The van der Waals surface area contributed by atoms with Gasteiger partial charge in [-0.25, -0.2) is 4.79 Å². The highest BCUT2D eigenvalue weighted by molar-refractivity contribution is 7.16. The number of hydrogen-bond donors (Lipinski definition) is 0. The van der Waals surface area contributed by atoms with Crippen LogP contribution in [0.4, 0.5) is 0 Å². The Balaban J connectivity index is 1.81. The molecule has 0 N–H and O–H groups in total. The van der Waals surface area contributed by atoms with E-state index in [2.05, 4.69) is 15.0 Å². The Morgan fingerprint density at radius 1 is 1.03 bits per heavy atom. The summed E-state index contributed by atoms with van der Waals surface area (Å²) in [5.41, 5.74) is 2.60. The molecule has 2 aromatic carbocycles. The minimum absolute atomic E-state index is 0.134. The van der Waals surface area contributed by atoms with Gasteiger partial charge in [0.15, 0.2) is 4.80 Å². The Morgan fingerprint density at radius 2 is 1.78 bits per heavy atom. The normalized spacial score (nSPS) is 11.6. The van der Waals surface area contributed by atoms with Crippen LogP contribution < -0.4 is 4.80 Å². The molecule has 0 aliphatic rings. The Kier molecular flexibility index (Phi) is 6.04. The third-order valence-electron chi connectivity index (χ3n) is 4.62. The minimum atomic E-state index is -0.492. The second-order valence-electron chi connectivity index (χ2n) is 6.63. The predicted molar refractivity (Wildman–Crippen MR) is 117 cm³/mol. The maximum atomic E-state index is 12.9. The molecule has 1 amide bonds. The quantitative estimate of drug-likeness (QED) is 0.430. The van der Waals surface area contributed by atoms with Crippen molar-refractivity contribution < 1.29 is 23.9 Å². The highest BCUT2D eigenvalue weighted by Gasteiger charge is 2.15. The van der Waals surface area contributed by atoms with E-state index in [1.807, 2.05) is 0 Å². The van der Waals surface area contributed by atoms with Gasteiger partial charge in [0.25, 0.3) is 5.91 Å². The molecule has 10 heteroatoms. The van der Waals surface area contributed by atoms with Crippen molar-refractivity contribution in [2.45, 2.75) is 13.5 Å². The van der Waals surface area contributed by atoms with Gasteiger partial charge >= 0.3 is 11.9 Å². The standard InChI is InChI=1S/C22H18N4O5S/c1-3-31-21(29)14-5-7-17-18(11-14)32-22(26(17)12-19(27)30-2)25-20(28)13-4-6-15-16(10-13)24-9-8-23-15/h4-11H,3,12H2,1-2H3. The number of methoxy groups -OCH3 is 1. The molecule has 0 unspecified atom stereocenters. The van der Waals surface area contributed by atoms with Crippen molar-refractivity contribution in [1.82, 2.24) is 14.5 Å². The van der Waals surface area contributed by atoms with E-state index in [0.29, 0.717) is 37.2 Å². The Labute approximate surface area is 186 Å². The molecule has 2 heterocycles. The van der Waals surface area contributed by atoms with Crippen LogP contribution in [0.15, 0.2) is 53.8 Å². The van der Waals surface area contributed by atoms with Crippen molar-refractivity contribution in [3.8, 4) is 0 Å². The monoisotopic (exact) mass is 450 g/mol. The zero-order valence-corrected chi connectivity index (χ0v) is 18.1. The van der Waals surface area contributed by atoms with Gasteiger partial charge in [0, 0.05) is 18.0 Å². The van der Waals surface area contributed by atoms with E-state index < -0.39 is 17.8 Å². The number of rotatable bonds is 5. The number of fused-ring (bicyclic) bond motifs is 2. The first-order valence-electron chi connectivity index (χ1n) is 9.67. The van der Waals surface area contributed by atoms with E-state index in [0.717, 1.165) is 0 Å². The lowest BCUT2D eigenvalue weighted by molar-refractivity contribution is -0.141. The molecule has 0 aliphatic heterocycles. The summed E-state index contributed by atoms with van der Waals surface area (Å²) in [4.78, 5) is 49.9. The van der Waals surface area contributed by atoms with Crippen molar-refractivity contribution >= 4 is 50.4 Å². The van der Waals surface area contributed by atoms with Crippen LogP contribution in [0.1, 0.15) is 27.6 Å². The third kappa shape index (κ3) is 4.26. The summed E-state index contributed by atoms with van der Waals surface area (Å²) in [7, 11) is 1.29. The van der Waals surface area contributed by atoms with Gasteiger partial charge in [-0.3, -0.25) is 19.6 Å². The average molecular weight is 450 g/mol. The maximum Gasteiger partial charge on any atom is 0.338 e. The lowest BCUT2D eigenvalue weighted by atomic mass is 10.2. The van der Waals surface area contributed by atoms with E-state index >= 15 is 0 Å². The van der Waals surface area contributed by atoms with Crippen molar-refractivity contribution in [2.24, 2.45) is 4.99 Å². The first kappa shape index (κ1) is 21.3. The van der Waals surface area contributed by atoms with Gasteiger partial charge < -0.3 is 14.0 Å². The first-order chi connectivity index (χ1) is 15.5. The molecular formula is C22H18N4O5S. The molecule has 0 spiro atoms. The van der Waals surface area contributed by atoms with Crippen molar-refractivity contribution in [1.29, 1.82) is 0 Å². The smallest absolute Gasteiger partial charge is 0.338 e. The van der Waals surface area contributed by atoms with Crippen molar-refractivity contribution in [3.05, 3.63) is 64.7 Å². The van der Waals surface area contributed by atoms with Crippen molar-refractivity contribution in [2.75, 3.05) is 13.7 Å². The largest absolute Gasteiger partial charge is 0.468 e. The number of esters is 2. The fraction of sp³-hybridized carbons (Fsp3) is 0.182. The molecule has 9 nitrogen and oxygen atoms in total. The lowest BCUT2D eigenvalue weighted by Crippen LogP contribution is -2.22. The van der Waals surface area contributed by atoms with Crippen LogP contribution in [-0.4, -0.2) is 46.1 Å².